The molecular formula is C16H24N2OS. The van der Waals surface area contributed by atoms with Crippen LogP contribution in [0.4, 0.5) is 0 Å². The van der Waals surface area contributed by atoms with Crippen LogP contribution < -0.4 is 5.73 Å². The van der Waals surface area contributed by atoms with Crippen molar-refractivity contribution >= 4 is 23.1 Å². The van der Waals surface area contributed by atoms with Crippen molar-refractivity contribution in [3.8, 4) is 0 Å². The van der Waals surface area contributed by atoms with Gasteiger partial charge in [0.2, 0.25) is 5.91 Å². The Hall–Kier alpha value is -0.640. The molecule has 4 saturated carbocycles. The minimum Gasteiger partial charge on any atom is -0.392 e. The van der Waals surface area contributed by atoms with Gasteiger partial charge in [0.15, 0.2) is 0 Å². The number of likely N-dealkylation sites (tertiary alicyclic amines) is 1. The van der Waals surface area contributed by atoms with E-state index < -0.39 is 0 Å². The fourth-order valence-electron chi connectivity index (χ4n) is 5.98. The van der Waals surface area contributed by atoms with Crippen LogP contribution in [-0.2, 0) is 4.79 Å². The number of rotatable bonds is 2. The summed E-state index contributed by atoms with van der Waals surface area (Å²) < 4.78 is 0. The van der Waals surface area contributed by atoms with Crippen LogP contribution in [0.3, 0.4) is 0 Å². The van der Waals surface area contributed by atoms with Gasteiger partial charge in [-0.1, -0.05) is 12.2 Å². The summed E-state index contributed by atoms with van der Waals surface area (Å²) in [5.41, 5.74) is 5.82. The first kappa shape index (κ1) is 13.1. The van der Waals surface area contributed by atoms with E-state index in [4.69, 9.17) is 18.0 Å². The summed E-state index contributed by atoms with van der Waals surface area (Å²) in [6.45, 7) is 0.864. The molecule has 0 radical (unpaired) electrons. The average molecular weight is 292 g/mol. The van der Waals surface area contributed by atoms with Gasteiger partial charge in [-0.25, -0.2) is 0 Å². The maximum Gasteiger partial charge on any atom is 0.229 e. The maximum absolute atomic E-state index is 13.2. The van der Waals surface area contributed by atoms with Crippen molar-refractivity contribution in [3.05, 3.63) is 0 Å². The molecule has 1 amide bonds. The first-order valence-corrected chi connectivity index (χ1v) is 8.59. The van der Waals surface area contributed by atoms with Gasteiger partial charge in [0.25, 0.3) is 0 Å². The number of amides is 1. The number of carbonyl (C=O) groups is 1. The second kappa shape index (κ2) is 4.43. The van der Waals surface area contributed by atoms with Gasteiger partial charge in [-0.3, -0.25) is 4.79 Å². The molecule has 5 rings (SSSR count). The van der Waals surface area contributed by atoms with Gasteiger partial charge in [-0.15, -0.1) is 0 Å². The van der Waals surface area contributed by atoms with Crippen LogP contribution in [0.2, 0.25) is 0 Å². The van der Waals surface area contributed by atoms with Crippen LogP contribution in [0.5, 0.6) is 0 Å². The molecule has 20 heavy (non-hydrogen) atoms. The van der Waals surface area contributed by atoms with E-state index in [1.54, 1.807) is 0 Å². The van der Waals surface area contributed by atoms with E-state index in [2.05, 4.69) is 0 Å². The Bertz CT molecular complexity index is 426. The number of carbonyl (C=O) groups excluding carboxylic acids is 1. The molecule has 4 bridgehead atoms. The summed E-state index contributed by atoms with van der Waals surface area (Å²) in [6.07, 6.45) is 9.57. The number of nitrogens with zero attached hydrogens (tertiary/aromatic N) is 1. The van der Waals surface area contributed by atoms with Gasteiger partial charge in [-0.2, -0.15) is 0 Å². The molecule has 2 N–H and O–H groups in total. The summed E-state index contributed by atoms with van der Waals surface area (Å²) in [6, 6.07) is 0.0329. The van der Waals surface area contributed by atoms with Crippen molar-refractivity contribution in [1.29, 1.82) is 0 Å². The highest BCUT2D eigenvalue weighted by Gasteiger charge is 2.56. The van der Waals surface area contributed by atoms with E-state index in [0.717, 1.165) is 56.4 Å². The summed E-state index contributed by atoms with van der Waals surface area (Å²) >= 11 is 5.18. The molecule has 5 fully saturated rings. The highest BCUT2D eigenvalue weighted by Crippen LogP contribution is 2.60. The third kappa shape index (κ3) is 1.83. The van der Waals surface area contributed by atoms with Crippen LogP contribution in [0.1, 0.15) is 51.4 Å². The number of hydrogen-bond acceptors (Lipinski definition) is 2. The topological polar surface area (TPSA) is 46.3 Å². The normalized spacial score (nSPS) is 45.9. The number of hydrogen-bond donors (Lipinski definition) is 1. The zero-order chi connectivity index (χ0) is 13.9. The Labute approximate surface area is 126 Å². The van der Waals surface area contributed by atoms with E-state index in [0.29, 0.717) is 10.9 Å². The zero-order valence-electron chi connectivity index (χ0n) is 12.0. The second-order valence-electron chi connectivity index (χ2n) is 7.76. The second-order valence-corrected chi connectivity index (χ2v) is 8.23. The molecule has 4 aliphatic carbocycles. The third-order valence-corrected chi connectivity index (χ3v) is 6.61. The van der Waals surface area contributed by atoms with Crippen molar-refractivity contribution in [3.63, 3.8) is 0 Å². The lowest BCUT2D eigenvalue weighted by Crippen LogP contribution is -2.56. The van der Waals surface area contributed by atoms with Crippen molar-refractivity contribution in [2.75, 3.05) is 6.54 Å². The largest absolute Gasteiger partial charge is 0.392 e. The number of thiocarbonyl (C=S) groups is 1. The molecule has 0 aromatic rings. The molecule has 0 aromatic carbocycles. The Morgan fingerprint density at radius 3 is 2.15 bits per heavy atom. The van der Waals surface area contributed by atoms with Gasteiger partial charge in [-0.05, 0) is 69.1 Å². The van der Waals surface area contributed by atoms with E-state index in [-0.39, 0.29) is 11.5 Å². The Balaban J connectivity index is 1.60. The molecule has 1 aliphatic heterocycles. The third-order valence-electron chi connectivity index (χ3n) is 6.33. The van der Waals surface area contributed by atoms with Crippen LogP contribution in [0, 0.1) is 23.2 Å². The smallest absolute Gasteiger partial charge is 0.229 e. The fourth-order valence-corrected chi connectivity index (χ4v) is 6.23. The molecule has 1 atom stereocenters. The molecule has 110 valence electrons. The molecule has 0 aromatic heterocycles. The Morgan fingerprint density at radius 1 is 1.10 bits per heavy atom. The standard InChI is InChI=1S/C16H24N2OS/c17-14(20)13-2-1-3-18(13)15(19)16-7-10-4-11(8-16)6-12(5-10)9-16/h10-13H,1-9H2,(H2,17,20). The Kier molecular flexibility index (Phi) is 2.89. The molecule has 1 heterocycles. The summed E-state index contributed by atoms with van der Waals surface area (Å²) in [5.74, 6) is 2.84. The minimum absolute atomic E-state index is 0.0329. The maximum atomic E-state index is 13.2. The molecule has 1 unspecified atom stereocenters. The predicted octanol–water partition coefficient (Wildman–Crippen LogP) is 2.48. The van der Waals surface area contributed by atoms with E-state index in [1.807, 2.05) is 4.90 Å². The monoisotopic (exact) mass is 292 g/mol. The summed E-state index contributed by atoms with van der Waals surface area (Å²) in [7, 11) is 0. The van der Waals surface area contributed by atoms with Crippen LogP contribution in [-0.4, -0.2) is 28.4 Å². The Morgan fingerprint density at radius 2 is 1.65 bits per heavy atom. The molecule has 4 heteroatoms. The van der Waals surface area contributed by atoms with Gasteiger partial charge in [0.05, 0.1) is 16.4 Å². The van der Waals surface area contributed by atoms with Gasteiger partial charge >= 0.3 is 0 Å². The molecular weight excluding hydrogens is 268 g/mol. The lowest BCUT2D eigenvalue weighted by Gasteiger charge is -2.56. The van der Waals surface area contributed by atoms with E-state index in [9.17, 15) is 4.79 Å². The highest BCUT2D eigenvalue weighted by atomic mass is 32.1. The van der Waals surface area contributed by atoms with Crippen molar-refractivity contribution in [2.45, 2.75) is 57.4 Å². The lowest BCUT2D eigenvalue weighted by atomic mass is 9.49. The van der Waals surface area contributed by atoms with Crippen molar-refractivity contribution in [2.24, 2.45) is 28.9 Å². The van der Waals surface area contributed by atoms with Crippen LogP contribution in [0.15, 0.2) is 0 Å². The lowest BCUT2D eigenvalue weighted by molar-refractivity contribution is -0.157. The van der Waals surface area contributed by atoms with E-state index >= 15 is 0 Å². The molecule has 5 aliphatic rings. The predicted molar refractivity (Wildman–Crippen MR) is 82.1 cm³/mol. The minimum atomic E-state index is -0.0396. The molecule has 3 nitrogen and oxygen atoms in total. The SMILES string of the molecule is NC(=S)C1CCCN1C(=O)C12CC3CC(CC(C3)C1)C2. The van der Waals surface area contributed by atoms with Gasteiger partial charge in [0, 0.05) is 6.54 Å². The quantitative estimate of drug-likeness (QED) is 0.795. The number of nitrogens with two attached hydrogens (primary N) is 1. The summed E-state index contributed by atoms with van der Waals surface area (Å²) in [5, 5.41) is 0. The van der Waals surface area contributed by atoms with Gasteiger partial charge < -0.3 is 10.6 Å². The summed E-state index contributed by atoms with van der Waals surface area (Å²) in [4.78, 5) is 15.8. The molecule has 0 spiro atoms. The first-order valence-electron chi connectivity index (χ1n) is 8.18. The highest BCUT2D eigenvalue weighted by molar-refractivity contribution is 7.80. The zero-order valence-corrected chi connectivity index (χ0v) is 12.8. The van der Waals surface area contributed by atoms with Gasteiger partial charge in [0.1, 0.15) is 0 Å². The fraction of sp³-hybridized carbons (Fsp3) is 0.875. The van der Waals surface area contributed by atoms with Crippen molar-refractivity contribution in [1.82, 2.24) is 4.90 Å². The average Bonchev–Trinajstić information content (AvgIpc) is 2.85. The molecule has 1 saturated heterocycles. The van der Waals surface area contributed by atoms with Crippen LogP contribution >= 0.6 is 12.2 Å². The van der Waals surface area contributed by atoms with E-state index in [1.165, 1.54) is 19.3 Å². The first-order chi connectivity index (χ1) is 9.57. The van der Waals surface area contributed by atoms with Crippen molar-refractivity contribution < 1.29 is 4.79 Å². The van der Waals surface area contributed by atoms with Crippen LogP contribution in [0.25, 0.3) is 0 Å².